The minimum Gasteiger partial charge on any atom is -0.303 e. The summed E-state index contributed by atoms with van der Waals surface area (Å²) in [6, 6.07) is 0. The monoisotopic (exact) mass is 226 g/mol. The summed E-state index contributed by atoms with van der Waals surface area (Å²) < 4.78 is 0. The number of piperazine rings is 1. The van der Waals surface area contributed by atoms with Gasteiger partial charge in [-0.25, -0.2) is 0 Å². The SMILES string of the molecule is CCCC(C)(C=O)CN1CCN(CC)CC1. The van der Waals surface area contributed by atoms with Crippen LogP contribution in [0, 0.1) is 5.41 Å². The number of carbonyl (C=O) groups is 1. The number of likely N-dealkylation sites (N-methyl/N-ethyl adjacent to an activating group) is 1. The van der Waals surface area contributed by atoms with Crippen LogP contribution in [0.3, 0.4) is 0 Å². The van der Waals surface area contributed by atoms with Crippen molar-refractivity contribution in [3.63, 3.8) is 0 Å². The van der Waals surface area contributed by atoms with Gasteiger partial charge >= 0.3 is 0 Å². The lowest BCUT2D eigenvalue weighted by molar-refractivity contribution is -0.117. The number of aldehydes is 1. The third kappa shape index (κ3) is 3.87. The Hall–Kier alpha value is -0.410. The molecular weight excluding hydrogens is 200 g/mol. The van der Waals surface area contributed by atoms with Gasteiger partial charge in [-0.1, -0.05) is 27.2 Å². The first-order chi connectivity index (χ1) is 7.63. The van der Waals surface area contributed by atoms with Crippen LogP contribution in [0.15, 0.2) is 0 Å². The average molecular weight is 226 g/mol. The number of hydrogen-bond acceptors (Lipinski definition) is 3. The first-order valence-corrected chi connectivity index (χ1v) is 6.54. The molecule has 1 unspecified atom stereocenters. The van der Waals surface area contributed by atoms with Crippen molar-refractivity contribution in [3.8, 4) is 0 Å². The Labute approximate surface area is 99.8 Å². The second-order valence-electron chi connectivity index (χ2n) is 5.23. The quantitative estimate of drug-likeness (QED) is 0.643. The van der Waals surface area contributed by atoms with E-state index < -0.39 is 0 Å². The van der Waals surface area contributed by atoms with E-state index >= 15 is 0 Å². The molecule has 1 atom stereocenters. The molecule has 0 aromatic rings. The van der Waals surface area contributed by atoms with Gasteiger partial charge in [0.25, 0.3) is 0 Å². The van der Waals surface area contributed by atoms with Gasteiger partial charge in [-0.3, -0.25) is 4.90 Å². The molecule has 0 aliphatic carbocycles. The van der Waals surface area contributed by atoms with Crippen LogP contribution in [0.25, 0.3) is 0 Å². The van der Waals surface area contributed by atoms with Crippen LogP contribution in [-0.2, 0) is 4.79 Å². The van der Waals surface area contributed by atoms with Gasteiger partial charge in [-0.05, 0) is 13.0 Å². The molecule has 3 heteroatoms. The van der Waals surface area contributed by atoms with E-state index in [4.69, 9.17) is 0 Å². The average Bonchev–Trinajstić information content (AvgIpc) is 2.30. The first-order valence-electron chi connectivity index (χ1n) is 6.54. The molecule has 0 aromatic heterocycles. The Morgan fingerprint density at radius 2 is 1.69 bits per heavy atom. The molecule has 1 aliphatic rings. The van der Waals surface area contributed by atoms with Gasteiger partial charge in [0, 0.05) is 38.1 Å². The molecular formula is C13H26N2O. The minimum atomic E-state index is -0.136. The Morgan fingerprint density at radius 1 is 1.12 bits per heavy atom. The van der Waals surface area contributed by atoms with E-state index in [2.05, 4.69) is 30.6 Å². The highest BCUT2D eigenvalue weighted by molar-refractivity contribution is 5.59. The molecule has 1 aliphatic heterocycles. The maximum absolute atomic E-state index is 11.2. The summed E-state index contributed by atoms with van der Waals surface area (Å²) in [5.41, 5.74) is -0.136. The Kier molecular flexibility index (Phi) is 5.42. The number of nitrogens with zero attached hydrogens (tertiary/aromatic N) is 2. The summed E-state index contributed by atoms with van der Waals surface area (Å²) in [6.07, 6.45) is 3.25. The third-order valence-electron chi connectivity index (χ3n) is 3.60. The fourth-order valence-corrected chi connectivity index (χ4v) is 2.52. The molecule has 0 N–H and O–H groups in total. The molecule has 0 saturated carbocycles. The van der Waals surface area contributed by atoms with Gasteiger partial charge < -0.3 is 9.69 Å². The molecule has 1 rings (SSSR count). The maximum Gasteiger partial charge on any atom is 0.127 e. The molecule has 1 saturated heterocycles. The summed E-state index contributed by atoms with van der Waals surface area (Å²) >= 11 is 0. The number of hydrogen-bond donors (Lipinski definition) is 0. The standard InChI is InChI=1S/C13H26N2O/c1-4-6-13(3,12-16)11-15-9-7-14(5-2)8-10-15/h12H,4-11H2,1-3H3. The molecule has 1 fully saturated rings. The predicted molar refractivity (Wildman–Crippen MR) is 67.6 cm³/mol. The largest absolute Gasteiger partial charge is 0.303 e. The van der Waals surface area contributed by atoms with Crippen molar-refractivity contribution >= 4 is 6.29 Å². The highest BCUT2D eigenvalue weighted by Gasteiger charge is 2.27. The summed E-state index contributed by atoms with van der Waals surface area (Å²) in [5.74, 6) is 0. The van der Waals surface area contributed by atoms with E-state index in [0.717, 1.165) is 58.4 Å². The van der Waals surface area contributed by atoms with E-state index in [0.29, 0.717) is 0 Å². The highest BCUT2D eigenvalue weighted by Crippen LogP contribution is 2.22. The molecule has 16 heavy (non-hydrogen) atoms. The fourth-order valence-electron chi connectivity index (χ4n) is 2.52. The van der Waals surface area contributed by atoms with Gasteiger partial charge in [0.2, 0.25) is 0 Å². The molecule has 0 amide bonds. The van der Waals surface area contributed by atoms with Crippen LogP contribution in [0.2, 0.25) is 0 Å². The van der Waals surface area contributed by atoms with Crippen molar-refractivity contribution in [2.75, 3.05) is 39.3 Å². The summed E-state index contributed by atoms with van der Waals surface area (Å²) in [4.78, 5) is 16.1. The second-order valence-corrected chi connectivity index (χ2v) is 5.23. The molecule has 3 nitrogen and oxygen atoms in total. The van der Waals surface area contributed by atoms with Crippen LogP contribution in [0.5, 0.6) is 0 Å². The minimum absolute atomic E-state index is 0.136. The van der Waals surface area contributed by atoms with Gasteiger partial charge in [-0.15, -0.1) is 0 Å². The third-order valence-corrected chi connectivity index (χ3v) is 3.60. The molecule has 94 valence electrons. The number of carbonyl (C=O) groups excluding carboxylic acids is 1. The molecule has 0 aromatic carbocycles. The maximum atomic E-state index is 11.2. The zero-order valence-electron chi connectivity index (χ0n) is 11.0. The number of rotatable bonds is 6. The van der Waals surface area contributed by atoms with Crippen molar-refractivity contribution < 1.29 is 4.79 Å². The molecule has 0 radical (unpaired) electrons. The van der Waals surface area contributed by atoms with Crippen LogP contribution >= 0.6 is 0 Å². The van der Waals surface area contributed by atoms with Crippen molar-refractivity contribution in [1.29, 1.82) is 0 Å². The lowest BCUT2D eigenvalue weighted by Gasteiger charge is -2.38. The summed E-state index contributed by atoms with van der Waals surface area (Å²) in [5, 5.41) is 0. The second kappa shape index (κ2) is 6.36. The normalized spacial score (nSPS) is 22.9. The van der Waals surface area contributed by atoms with Crippen molar-refractivity contribution in [1.82, 2.24) is 9.80 Å². The predicted octanol–water partition coefficient (Wildman–Crippen LogP) is 1.63. The molecule has 0 bridgehead atoms. The zero-order chi connectivity index (χ0) is 12.0. The summed E-state index contributed by atoms with van der Waals surface area (Å²) in [7, 11) is 0. The van der Waals surface area contributed by atoms with E-state index in [1.54, 1.807) is 0 Å². The van der Waals surface area contributed by atoms with E-state index in [9.17, 15) is 4.79 Å². The topological polar surface area (TPSA) is 23.6 Å². The van der Waals surface area contributed by atoms with Gasteiger partial charge in [0.15, 0.2) is 0 Å². The first kappa shape index (κ1) is 13.7. The Morgan fingerprint density at radius 3 is 2.12 bits per heavy atom. The Bertz CT molecular complexity index is 212. The van der Waals surface area contributed by atoms with E-state index in [1.807, 2.05) is 0 Å². The van der Waals surface area contributed by atoms with Crippen LogP contribution in [-0.4, -0.2) is 55.4 Å². The van der Waals surface area contributed by atoms with E-state index in [-0.39, 0.29) is 5.41 Å². The zero-order valence-corrected chi connectivity index (χ0v) is 11.0. The summed E-state index contributed by atoms with van der Waals surface area (Å²) in [6.45, 7) is 13.1. The van der Waals surface area contributed by atoms with Crippen LogP contribution < -0.4 is 0 Å². The van der Waals surface area contributed by atoms with Crippen molar-refractivity contribution in [2.45, 2.75) is 33.6 Å². The van der Waals surface area contributed by atoms with Crippen LogP contribution in [0.1, 0.15) is 33.6 Å². The molecule has 0 spiro atoms. The van der Waals surface area contributed by atoms with Crippen molar-refractivity contribution in [2.24, 2.45) is 5.41 Å². The lowest BCUT2D eigenvalue weighted by atomic mass is 9.86. The van der Waals surface area contributed by atoms with Gasteiger partial charge in [-0.2, -0.15) is 0 Å². The smallest absolute Gasteiger partial charge is 0.127 e. The van der Waals surface area contributed by atoms with E-state index in [1.165, 1.54) is 0 Å². The Balaban J connectivity index is 2.39. The molecule has 1 heterocycles. The van der Waals surface area contributed by atoms with Crippen LogP contribution in [0.4, 0.5) is 0 Å². The van der Waals surface area contributed by atoms with Gasteiger partial charge in [0.05, 0.1) is 0 Å². The van der Waals surface area contributed by atoms with Gasteiger partial charge in [0.1, 0.15) is 6.29 Å². The highest BCUT2D eigenvalue weighted by atomic mass is 16.1. The van der Waals surface area contributed by atoms with Crippen molar-refractivity contribution in [3.05, 3.63) is 0 Å². The fraction of sp³-hybridized carbons (Fsp3) is 0.923. The lowest BCUT2D eigenvalue weighted by Crippen LogP contribution is -2.49.